The lowest BCUT2D eigenvalue weighted by Crippen LogP contribution is -2.50. The number of hydrogen-bond donors (Lipinski definition) is 2. The number of hydrogen-bond acceptors (Lipinski definition) is 4. The monoisotopic (exact) mass is 389 g/mol. The molecule has 0 unspecified atom stereocenters. The molecule has 5 rings (SSSR count). The van der Waals surface area contributed by atoms with Gasteiger partial charge in [0.15, 0.2) is 5.13 Å². The summed E-state index contributed by atoms with van der Waals surface area (Å²) in [5, 5.41) is 8.33. The highest BCUT2D eigenvalue weighted by Crippen LogP contribution is 2.61. The fraction of sp³-hybridized carbons (Fsp3) is 0.762. The average molecular weight is 390 g/mol. The molecular formula is C21H31N3O2S. The van der Waals surface area contributed by atoms with Crippen molar-refractivity contribution in [3.05, 3.63) is 11.6 Å². The number of nitrogens with one attached hydrogen (secondary N) is 2. The van der Waals surface area contributed by atoms with Crippen LogP contribution in [0.25, 0.3) is 0 Å². The summed E-state index contributed by atoms with van der Waals surface area (Å²) < 4.78 is 0. The lowest BCUT2D eigenvalue weighted by molar-refractivity contribution is -0.133. The highest BCUT2D eigenvalue weighted by molar-refractivity contribution is 7.13. The van der Waals surface area contributed by atoms with Crippen molar-refractivity contribution in [2.45, 2.75) is 71.3 Å². The van der Waals surface area contributed by atoms with Gasteiger partial charge in [0.2, 0.25) is 11.8 Å². The Labute approximate surface area is 165 Å². The van der Waals surface area contributed by atoms with E-state index in [1.807, 2.05) is 5.38 Å². The Kier molecular flexibility index (Phi) is 5.28. The molecule has 6 heteroatoms. The molecule has 1 aromatic rings. The van der Waals surface area contributed by atoms with E-state index in [1.165, 1.54) is 49.9 Å². The summed E-state index contributed by atoms with van der Waals surface area (Å²) in [7, 11) is 0. The van der Waals surface area contributed by atoms with Gasteiger partial charge >= 0.3 is 0 Å². The number of nitrogens with zero attached hydrogens (tertiary/aromatic N) is 1. The summed E-state index contributed by atoms with van der Waals surface area (Å²) in [4.78, 5) is 29.7. The number of rotatable bonds is 7. The zero-order chi connectivity index (χ0) is 19.0. The van der Waals surface area contributed by atoms with E-state index >= 15 is 0 Å². The number of carbonyl (C=O) groups is 2. The standard InChI is InChI=1S/C21H31N3O2S/c1-13(2)5-17(19(26)24-20-22-3-4-27-20)23-18(25)12-21-9-14-6-15(10-21)8-16(7-14)11-21/h3-4,13-17H,5-12H2,1-2H3,(H,23,25)(H,22,24,26)/t14?,15?,16?,17-,21?/m0/s1. The first-order valence-electron chi connectivity index (χ1n) is 10.4. The molecule has 0 radical (unpaired) electrons. The molecule has 2 N–H and O–H groups in total. The van der Waals surface area contributed by atoms with Gasteiger partial charge in [0.05, 0.1) is 0 Å². The van der Waals surface area contributed by atoms with Crippen molar-refractivity contribution in [1.29, 1.82) is 0 Å². The minimum Gasteiger partial charge on any atom is -0.344 e. The third kappa shape index (κ3) is 4.36. The van der Waals surface area contributed by atoms with E-state index in [0.29, 0.717) is 23.9 Å². The van der Waals surface area contributed by atoms with E-state index in [2.05, 4.69) is 29.5 Å². The molecule has 0 saturated heterocycles. The zero-order valence-electron chi connectivity index (χ0n) is 16.4. The second-order valence-electron chi connectivity index (χ2n) is 9.67. The van der Waals surface area contributed by atoms with Crippen molar-refractivity contribution in [3.63, 3.8) is 0 Å². The van der Waals surface area contributed by atoms with Crippen molar-refractivity contribution in [3.8, 4) is 0 Å². The van der Waals surface area contributed by atoms with Gasteiger partial charge in [-0.2, -0.15) is 0 Å². The van der Waals surface area contributed by atoms with Crippen LogP contribution in [0.1, 0.15) is 65.2 Å². The lowest BCUT2D eigenvalue weighted by atomic mass is 9.49. The van der Waals surface area contributed by atoms with E-state index in [1.54, 1.807) is 6.20 Å². The van der Waals surface area contributed by atoms with Crippen LogP contribution in [0.5, 0.6) is 0 Å². The van der Waals surface area contributed by atoms with E-state index in [4.69, 9.17) is 0 Å². The molecule has 2 amide bonds. The summed E-state index contributed by atoms with van der Waals surface area (Å²) in [5.74, 6) is 2.74. The van der Waals surface area contributed by atoms with Gasteiger partial charge < -0.3 is 10.6 Å². The molecule has 1 heterocycles. The van der Waals surface area contributed by atoms with Crippen molar-refractivity contribution in [2.24, 2.45) is 29.1 Å². The van der Waals surface area contributed by atoms with Crippen LogP contribution in [-0.2, 0) is 9.59 Å². The Balaban J connectivity index is 1.38. The smallest absolute Gasteiger partial charge is 0.248 e. The van der Waals surface area contributed by atoms with Crippen molar-refractivity contribution in [2.75, 3.05) is 5.32 Å². The SMILES string of the molecule is CC(C)C[C@H](NC(=O)CC12CC3CC(CC(C3)C1)C2)C(=O)Nc1nccs1. The van der Waals surface area contributed by atoms with Gasteiger partial charge in [-0.25, -0.2) is 4.98 Å². The fourth-order valence-corrected chi connectivity index (χ4v) is 6.80. The van der Waals surface area contributed by atoms with Crippen molar-refractivity contribution in [1.82, 2.24) is 10.3 Å². The third-order valence-corrected chi connectivity index (χ3v) is 7.41. The Hall–Kier alpha value is -1.43. The molecular weight excluding hydrogens is 358 g/mol. The average Bonchev–Trinajstić information content (AvgIpc) is 3.04. The van der Waals surface area contributed by atoms with Crippen molar-refractivity contribution >= 4 is 28.3 Å². The summed E-state index contributed by atoms with van der Waals surface area (Å²) >= 11 is 1.40. The summed E-state index contributed by atoms with van der Waals surface area (Å²) in [6.45, 7) is 4.16. The highest BCUT2D eigenvalue weighted by Gasteiger charge is 2.51. The first-order chi connectivity index (χ1) is 12.9. The van der Waals surface area contributed by atoms with Gasteiger partial charge in [0, 0.05) is 18.0 Å². The molecule has 4 bridgehead atoms. The molecule has 0 spiro atoms. The molecule has 5 nitrogen and oxygen atoms in total. The minimum atomic E-state index is -0.490. The van der Waals surface area contributed by atoms with Crippen LogP contribution in [0, 0.1) is 29.1 Å². The maximum absolute atomic E-state index is 12.9. The van der Waals surface area contributed by atoms with Gasteiger partial charge in [0.25, 0.3) is 0 Å². The normalized spacial score (nSPS) is 32.5. The summed E-state index contributed by atoms with van der Waals surface area (Å²) in [6, 6.07) is -0.490. The molecule has 4 saturated carbocycles. The maximum Gasteiger partial charge on any atom is 0.248 e. The first-order valence-corrected chi connectivity index (χ1v) is 11.3. The number of anilines is 1. The van der Waals surface area contributed by atoms with E-state index in [0.717, 1.165) is 17.8 Å². The molecule has 27 heavy (non-hydrogen) atoms. The van der Waals surface area contributed by atoms with Gasteiger partial charge in [-0.1, -0.05) is 13.8 Å². The number of carbonyl (C=O) groups excluding carboxylic acids is 2. The van der Waals surface area contributed by atoms with E-state index in [-0.39, 0.29) is 17.2 Å². The molecule has 1 aromatic heterocycles. The van der Waals surface area contributed by atoms with Crippen LogP contribution in [0.2, 0.25) is 0 Å². The molecule has 0 aliphatic heterocycles. The Bertz CT molecular complexity index is 650. The highest BCUT2D eigenvalue weighted by atomic mass is 32.1. The zero-order valence-corrected chi connectivity index (χ0v) is 17.2. The van der Waals surface area contributed by atoms with Crippen LogP contribution in [-0.4, -0.2) is 22.8 Å². The molecule has 148 valence electrons. The molecule has 4 fully saturated rings. The Morgan fingerprint density at radius 2 is 1.81 bits per heavy atom. The molecule has 4 aliphatic rings. The van der Waals surface area contributed by atoms with Crippen LogP contribution in [0.15, 0.2) is 11.6 Å². The molecule has 4 aliphatic carbocycles. The van der Waals surface area contributed by atoms with E-state index < -0.39 is 6.04 Å². The lowest BCUT2D eigenvalue weighted by Gasteiger charge is -2.56. The van der Waals surface area contributed by atoms with Gasteiger partial charge in [-0.05, 0) is 74.0 Å². The third-order valence-electron chi connectivity index (χ3n) is 6.72. The summed E-state index contributed by atoms with van der Waals surface area (Å²) in [6.07, 6.45) is 10.7. The van der Waals surface area contributed by atoms with Crippen LogP contribution in [0.3, 0.4) is 0 Å². The first kappa shape index (κ1) is 18.9. The number of thiazole rings is 1. The van der Waals surface area contributed by atoms with Crippen LogP contribution < -0.4 is 10.6 Å². The second kappa shape index (κ2) is 7.53. The van der Waals surface area contributed by atoms with Crippen LogP contribution >= 0.6 is 11.3 Å². The topological polar surface area (TPSA) is 71.1 Å². The fourth-order valence-electron chi connectivity index (χ4n) is 6.27. The van der Waals surface area contributed by atoms with Crippen LogP contribution in [0.4, 0.5) is 5.13 Å². The minimum absolute atomic E-state index is 0.0527. The number of aromatic nitrogens is 1. The quantitative estimate of drug-likeness (QED) is 0.733. The predicted octanol–water partition coefficient (Wildman–Crippen LogP) is 4.22. The largest absolute Gasteiger partial charge is 0.344 e. The van der Waals surface area contributed by atoms with Gasteiger partial charge in [-0.15, -0.1) is 11.3 Å². The predicted molar refractivity (Wildman–Crippen MR) is 107 cm³/mol. The van der Waals surface area contributed by atoms with Gasteiger partial charge in [-0.3, -0.25) is 9.59 Å². The van der Waals surface area contributed by atoms with Gasteiger partial charge in [0.1, 0.15) is 6.04 Å². The number of amides is 2. The maximum atomic E-state index is 12.9. The Morgan fingerprint density at radius 1 is 1.19 bits per heavy atom. The second-order valence-corrected chi connectivity index (χ2v) is 10.6. The Morgan fingerprint density at radius 3 is 2.33 bits per heavy atom. The molecule has 1 atom stereocenters. The summed E-state index contributed by atoms with van der Waals surface area (Å²) in [5.41, 5.74) is 0.201. The van der Waals surface area contributed by atoms with Crippen molar-refractivity contribution < 1.29 is 9.59 Å². The van der Waals surface area contributed by atoms with E-state index in [9.17, 15) is 9.59 Å². The molecule has 0 aromatic carbocycles.